The Morgan fingerprint density at radius 1 is 1.19 bits per heavy atom. The highest BCUT2D eigenvalue weighted by Crippen LogP contribution is 2.28. The van der Waals surface area contributed by atoms with Gasteiger partial charge < -0.3 is 4.74 Å². The summed E-state index contributed by atoms with van der Waals surface area (Å²) >= 11 is 1.55. The predicted octanol–water partition coefficient (Wildman–Crippen LogP) is 3.67. The molecule has 0 aliphatic heterocycles. The van der Waals surface area contributed by atoms with Gasteiger partial charge in [-0.3, -0.25) is 0 Å². The Morgan fingerprint density at radius 3 is 2.71 bits per heavy atom. The second-order valence-corrected chi connectivity index (χ2v) is 5.82. The third-order valence-corrected chi connectivity index (χ3v) is 4.20. The third-order valence-electron chi connectivity index (χ3n) is 3.21. The second kappa shape index (κ2) is 6.22. The molecule has 0 fully saturated rings. The van der Waals surface area contributed by atoms with Gasteiger partial charge in [0.25, 0.3) is 0 Å². The smallest absolute Gasteiger partial charge is 0.234 e. The second-order valence-electron chi connectivity index (χ2n) is 4.83. The maximum atomic E-state index is 6.03. The minimum atomic E-state index is -0.0476. The highest BCUT2D eigenvalue weighted by Gasteiger charge is 2.19. The zero-order valence-corrected chi connectivity index (χ0v) is 13.0. The summed E-state index contributed by atoms with van der Waals surface area (Å²) < 4.78 is 7.88. The first-order valence-electron chi connectivity index (χ1n) is 7.24. The molecule has 0 saturated carbocycles. The van der Waals surface area contributed by atoms with Crippen LogP contribution in [-0.4, -0.2) is 19.8 Å². The van der Waals surface area contributed by atoms with E-state index in [2.05, 4.69) is 29.1 Å². The summed E-state index contributed by atoms with van der Waals surface area (Å²) in [6.07, 6.45) is 2.74. The summed E-state index contributed by atoms with van der Waals surface area (Å²) in [6.45, 7) is 4.23. The van der Waals surface area contributed by atoms with E-state index in [1.54, 1.807) is 11.3 Å². The van der Waals surface area contributed by atoms with Crippen LogP contribution < -0.4 is 4.74 Å². The quantitative estimate of drug-likeness (QED) is 0.697. The van der Waals surface area contributed by atoms with E-state index in [0.717, 1.165) is 40.8 Å². The van der Waals surface area contributed by atoms with Gasteiger partial charge in [0, 0.05) is 6.42 Å². The van der Waals surface area contributed by atoms with E-state index in [0.29, 0.717) is 0 Å². The number of aromatic nitrogens is 4. The monoisotopic (exact) mass is 302 g/mol. The molecular formula is C15H18N4OS. The van der Waals surface area contributed by atoms with Crippen molar-refractivity contribution in [3.8, 4) is 5.75 Å². The van der Waals surface area contributed by atoms with Crippen LogP contribution in [0.25, 0.3) is 4.96 Å². The molecule has 0 bridgehead atoms. The summed E-state index contributed by atoms with van der Waals surface area (Å²) in [5.74, 6) is 1.79. The fourth-order valence-electron chi connectivity index (χ4n) is 2.15. The predicted molar refractivity (Wildman–Crippen MR) is 82.8 cm³/mol. The normalized spacial score (nSPS) is 12.7. The summed E-state index contributed by atoms with van der Waals surface area (Å²) in [7, 11) is 0. The van der Waals surface area contributed by atoms with Crippen LogP contribution in [0.3, 0.4) is 0 Å². The summed E-state index contributed by atoms with van der Waals surface area (Å²) in [4.78, 5) is 0.837. The van der Waals surface area contributed by atoms with Crippen LogP contribution >= 0.6 is 11.3 Å². The van der Waals surface area contributed by atoms with Crippen molar-refractivity contribution in [2.45, 2.75) is 39.2 Å². The van der Waals surface area contributed by atoms with Gasteiger partial charge in [-0.05, 0) is 25.0 Å². The number of nitrogens with zero attached hydrogens (tertiary/aromatic N) is 4. The van der Waals surface area contributed by atoms with Crippen LogP contribution in [0.2, 0.25) is 0 Å². The summed E-state index contributed by atoms with van der Waals surface area (Å²) in [5, 5.41) is 14.0. The average Bonchev–Trinajstić information content (AvgIpc) is 3.08. The lowest BCUT2D eigenvalue weighted by Crippen LogP contribution is -2.07. The van der Waals surface area contributed by atoms with E-state index in [4.69, 9.17) is 4.74 Å². The molecule has 0 aliphatic rings. The van der Waals surface area contributed by atoms with Gasteiger partial charge in [0.1, 0.15) is 5.75 Å². The molecule has 2 aromatic heterocycles. The Bertz CT molecular complexity index is 707. The van der Waals surface area contributed by atoms with Crippen LogP contribution in [0.15, 0.2) is 30.3 Å². The standard InChI is InChI=1S/C15H18N4OS/c1-3-8-13-16-17-15-19(13)18-14(21-15)12(4-2)20-11-9-6-5-7-10-11/h5-7,9-10,12H,3-4,8H2,1-2H3/t12-/m1/s1. The van der Waals surface area contributed by atoms with Gasteiger partial charge in [-0.25, -0.2) is 0 Å². The van der Waals surface area contributed by atoms with E-state index in [-0.39, 0.29) is 6.10 Å². The molecule has 110 valence electrons. The first-order valence-corrected chi connectivity index (χ1v) is 8.06. The van der Waals surface area contributed by atoms with Gasteiger partial charge in [0.2, 0.25) is 4.96 Å². The first-order chi connectivity index (χ1) is 10.3. The van der Waals surface area contributed by atoms with Crippen LogP contribution in [-0.2, 0) is 6.42 Å². The van der Waals surface area contributed by atoms with Crippen molar-refractivity contribution in [3.63, 3.8) is 0 Å². The highest BCUT2D eigenvalue weighted by molar-refractivity contribution is 7.16. The van der Waals surface area contributed by atoms with Crippen LogP contribution in [0, 0.1) is 0 Å². The number of hydrogen-bond donors (Lipinski definition) is 0. The van der Waals surface area contributed by atoms with E-state index in [1.165, 1.54) is 0 Å². The molecule has 0 saturated heterocycles. The summed E-state index contributed by atoms with van der Waals surface area (Å²) in [6, 6.07) is 9.85. The molecule has 1 aromatic carbocycles. The Balaban J connectivity index is 1.86. The van der Waals surface area contributed by atoms with E-state index in [1.807, 2.05) is 34.8 Å². The maximum Gasteiger partial charge on any atom is 0.234 e. The molecule has 3 aromatic rings. The van der Waals surface area contributed by atoms with Crippen molar-refractivity contribution < 1.29 is 4.74 Å². The Hall–Kier alpha value is -1.95. The van der Waals surface area contributed by atoms with Gasteiger partial charge in [-0.15, -0.1) is 10.2 Å². The molecule has 21 heavy (non-hydrogen) atoms. The maximum absolute atomic E-state index is 6.03. The lowest BCUT2D eigenvalue weighted by Gasteiger charge is -2.14. The molecule has 2 heterocycles. The van der Waals surface area contributed by atoms with Gasteiger partial charge in [0.05, 0.1) is 0 Å². The largest absolute Gasteiger partial charge is 0.483 e. The van der Waals surface area contributed by atoms with Crippen LogP contribution in [0.4, 0.5) is 0 Å². The van der Waals surface area contributed by atoms with Crippen molar-refractivity contribution in [3.05, 3.63) is 41.2 Å². The van der Waals surface area contributed by atoms with E-state index < -0.39 is 0 Å². The minimum absolute atomic E-state index is 0.0476. The molecule has 0 aliphatic carbocycles. The fourth-order valence-corrected chi connectivity index (χ4v) is 3.12. The number of aryl methyl sites for hydroxylation is 1. The fraction of sp³-hybridized carbons (Fsp3) is 0.400. The lowest BCUT2D eigenvalue weighted by atomic mass is 10.3. The number of para-hydroxylation sites is 1. The Morgan fingerprint density at radius 2 is 2.00 bits per heavy atom. The molecule has 0 unspecified atom stereocenters. The van der Waals surface area contributed by atoms with Crippen molar-refractivity contribution in [2.24, 2.45) is 0 Å². The van der Waals surface area contributed by atoms with Gasteiger partial charge in [-0.1, -0.05) is 43.4 Å². The third kappa shape index (κ3) is 2.90. The lowest BCUT2D eigenvalue weighted by molar-refractivity contribution is 0.199. The zero-order chi connectivity index (χ0) is 14.7. The van der Waals surface area contributed by atoms with E-state index >= 15 is 0 Å². The van der Waals surface area contributed by atoms with Crippen molar-refractivity contribution in [1.29, 1.82) is 0 Å². The van der Waals surface area contributed by atoms with Crippen LogP contribution in [0.1, 0.15) is 43.6 Å². The number of hydrogen-bond acceptors (Lipinski definition) is 5. The zero-order valence-electron chi connectivity index (χ0n) is 12.2. The molecular weight excluding hydrogens is 284 g/mol. The number of ether oxygens (including phenoxy) is 1. The minimum Gasteiger partial charge on any atom is -0.483 e. The van der Waals surface area contributed by atoms with Gasteiger partial charge in [-0.2, -0.15) is 9.61 Å². The molecule has 0 radical (unpaired) electrons. The molecule has 5 nitrogen and oxygen atoms in total. The van der Waals surface area contributed by atoms with Gasteiger partial charge in [0.15, 0.2) is 16.9 Å². The van der Waals surface area contributed by atoms with Gasteiger partial charge >= 0.3 is 0 Å². The van der Waals surface area contributed by atoms with Crippen molar-refractivity contribution in [2.75, 3.05) is 0 Å². The summed E-state index contributed by atoms with van der Waals surface area (Å²) in [5.41, 5.74) is 0. The Labute approximate surface area is 127 Å². The number of fused-ring (bicyclic) bond motifs is 1. The average molecular weight is 302 g/mol. The van der Waals surface area contributed by atoms with Crippen molar-refractivity contribution in [1.82, 2.24) is 19.8 Å². The first kappa shape index (κ1) is 14.0. The molecule has 6 heteroatoms. The van der Waals surface area contributed by atoms with Crippen LogP contribution in [0.5, 0.6) is 5.75 Å². The topological polar surface area (TPSA) is 52.3 Å². The molecule has 1 atom stereocenters. The highest BCUT2D eigenvalue weighted by atomic mass is 32.1. The SMILES string of the molecule is CCCc1nnc2sc([C@@H](CC)Oc3ccccc3)nn12. The number of rotatable bonds is 6. The number of benzene rings is 1. The van der Waals surface area contributed by atoms with Crippen molar-refractivity contribution >= 4 is 16.3 Å². The Kier molecular flexibility index (Phi) is 4.15. The molecule has 3 rings (SSSR count). The molecule has 0 amide bonds. The molecule has 0 N–H and O–H groups in total. The molecule has 0 spiro atoms. The van der Waals surface area contributed by atoms with E-state index in [9.17, 15) is 0 Å².